The zero-order valence-electron chi connectivity index (χ0n) is 13.2. The highest BCUT2D eigenvalue weighted by Crippen LogP contribution is 2.28. The van der Waals surface area contributed by atoms with E-state index in [2.05, 4.69) is 22.2 Å². The Labute approximate surface area is 140 Å². The van der Waals surface area contributed by atoms with E-state index in [1.807, 2.05) is 48.5 Å². The Bertz CT molecular complexity index is 805. The van der Waals surface area contributed by atoms with E-state index >= 15 is 0 Å². The van der Waals surface area contributed by atoms with E-state index in [0.717, 1.165) is 16.7 Å². The van der Waals surface area contributed by atoms with Crippen molar-refractivity contribution in [2.45, 2.75) is 6.10 Å². The molecule has 1 saturated heterocycles. The number of hydrogen-bond donors (Lipinski definition) is 1. The molecule has 0 aromatic heterocycles. The third-order valence-corrected chi connectivity index (χ3v) is 3.83. The number of nitriles is 1. The summed E-state index contributed by atoms with van der Waals surface area (Å²) in [6, 6.07) is 19.9. The van der Waals surface area contributed by atoms with Gasteiger partial charge in [0.25, 0.3) is 0 Å². The molecule has 0 bridgehead atoms. The third-order valence-electron chi connectivity index (χ3n) is 3.83. The summed E-state index contributed by atoms with van der Waals surface area (Å²) in [6.07, 6.45) is -0.252. The second-order valence-electron chi connectivity index (χ2n) is 5.28. The fourth-order valence-electron chi connectivity index (χ4n) is 2.56. The first-order valence-electron chi connectivity index (χ1n) is 7.51. The summed E-state index contributed by atoms with van der Waals surface area (Å²) in [5.74, 6) is -0.540. The molecule has 0 saturated carbocycles. The zero-order chi connectivity index (χ0) is 16.9. The highest BCUT2D eigenvalue weighted by molar-refractivity contribution is 5.93. The lowest BCUT2D eigenvalue weighted by atomic mass is 10.0. The van der Waals surface area contributed by atoms with Crippen molar-refractivity contribution < 1.29 is 14.3 Å². The molecule has 5 heteroatoms. The number of methoxy groups -OCH3 is 1. The molecule has 1 aliphatic heterocycles. The molecular weight excluding hydrogens is 304 g/mol. The van der Waals surface area contributed by atoms with Crippen LogP contribution in [-0.2, 0) is 14.3 Å². The number of ether oxygens (including phenoxy) is 2. The predicted octanol–water partition coefficient (Wildman–Crippen LogP) is 2.92. The summed E-state index contributed by atoms with van der Waals surface area (Å²) in [6.45, 7) is 0.488. The molecule has 1 fully saturated rings. The maximum Gasteiger partial charge on any atom is 0.354 e. The summed E-state index contributed by atoms with van der Waals surface area (Å²) in [7, 11) is 1.23. The van der Waals surface area contributed by atoms with E-state index in [0.29, 0.717) is 6.54 Å². The van der Waals surface area contributed by atoms with Crippen LogP contribution >= 0.6 is 0 Å². The summed E-state index contributed by atoms with van der Waals surface area (Å²) in [4.78, 5) is 11.6. The van der Waals surface area contributed by atoms with E-state index in [9.17, 15) is 4.79 Å². The van der Waals surface area contributed by atoms with Crippen molar-refractivity contribution in [2.24, 2.45) is 0 Å². The van der Waals surface area contributed by atoms with Crippen LogP contribution in [0.3, 0.4) is 0 Å². The third kappa shape index (κ3) is 3.08. The van der Waals surface area contributed by atoms with Crippen molar-refractivity contribution in [3.05, 3.63) is 71.6 Å². The number of benzene rings is 2. The average Bonchev–Trinajstić information content (AvgIpc) is 3.13. The van der Waals surface area contributed by atoms with Crippen LogP contribution in [0.5, 0.6) is 0 Å². The predicted molar refractivity (Wildman–Crippen MR) is 88.4 cm³/mol. The van der Waals surface area contributed by atoms with Gasteiger partial charge in [-0.1, -0.05) is 54.6 Å². The molecule has 0 amide bonds. The molecule has 120 valence electrons. The first-order valence-corrected chi connectivity index (χ1v) is 7.51. The zero-order valence-corrected chi connectivity index (χ0v) is 13.2. The van der Waals surface area contributed by atoms with Gasteiger partial charge in [0.05, 0.1) is 13.7 Å². The number of carbonyl (C=O) groups is 1. The Morgan fingerprint density at radius 2 is 1.83 bits per heavy atom. The molecule has 0 radical (unpaired) electrons. The largest absolute Gasteiger partial charge is 0.468 e. The minimum Gasteiger partial charge on any atom is -0.468 e. The van der Waals surface area contributed by atoms with Gasteiger partial charge in [0.15, 0.2) is 5.57 Å². The van der Waals surface area contributed by atoms with Crippen molar-refractivity contribution in [3.8, 4) is 17.2 Å². The number of hydrogen-bond acceptors (Lipinski definition) is 5. The topological polar surface area (TPSA) is 71.4 Å². The fraction of sp³-hybridized carbons (Fsp3) is 0.158. The fourth-order valence-corrected chi connectivity index (χ4v) is 2.56. The Hall–Kier alpha value is -3.26. The van der Waals surface area contributed by atoms with Gasteiger partial charge in [0.2, 0.25) is 5.88 Å². The van der Waals surface area contributed by atoms with Crippen LogP contribution in [0.4, 0.5) is 0 Å². The molecule has 1 unspecified atom stereocenters. The maximum absolute atomic E-state index is 11.6. The summed E-state index contributed by atoms with van der Waals surface area (Å²) < 4.78 is 10.3. The Kier molecular flexibility index (Phi) is 4.48. The van der Waals surface area contributed by atoms with Gasteiger partial charge in [-0.3, -0.25) is 0 Å². The van der Waals surface area contributed by atoms with E-state index in [4.69, 9.17) is 10.00 Å². The molecule has 1 atom stereocenters. The van der Waals surface area contributed by atoms with Gasteiger partial charge in [-0.25, -0.2) is 4.79 Å². The van der Waals surface area contributed by atoms with Gasteiger partial charge in [-0.2, -0.15) is 5.26 Å². The van der Waals surface area contributed by atoms with Crippen LogP contribution < -0.4 is 5.32 Å². The average molecular weight is 320 g/mol. The summed E-state index contributed by atoms with van der Waals surface area (Å²) in [5.41, 5.74) is 3.08. The summed E-state index contributed by atoms with van der Waals surface area (Å²) in [5, 5.41) is 12.0. The summed E-state index contributed by atoms with van der Waals surface area (Å²) >= 11 is 0. The molecule has 1 heterocycles. The molecule has 24 heavy (non-hydrogen) atoms. The Morgan fingerprint density at radius 3 is 2.46 bits per heavy atom. The van der Waals surface area contributed by atoms with E-state index in [1.54, 1.807) is 0 Å². The monoisotopic (exact) mass is 320 g/mol. The number of esters is 1. The Morgan fingerprint density at radius 1 is 1.17 bits per heavy atom. The van der Waals surface area contributed by atoms with Crippen molar-refractivity contribution in [2.75, 3.05) is 13.7 Å². The highest BCUT2D eigenvalue weighted by Gasteiger charge is 2.27. The molecule has 2 aromatic carbocycles. The van der Waals surface area contributed by atoms with Crippen LogP contribution in [0, 0.1) is 11.3 Å². The minimum atomic E-state index is -0.708. The smallest absolute Gasteiger partial charge is 0.354 e. The molecule has 5 nitrogen and oxygen atoms in total. The van der Waals surface area contributed by atoms with Crippen LogP contribution in [0.2, 0.25) is 0 Å². The molecule has 1 aliphatic rings. The van der Waals surface area contributed by atoms with Gasteiger partial charge >= 0.3 is 5.97 Å². The highest BCUT2D eigenvalue weighted by atomic mass is 16.5. The van der Waals surface area contributed by atoms with Crippen molar-refractivity contribution in [3.63, 3.8) is 0 Å². The van der Waals surface area contributed by atoms with Crippen LogP contribution in [0.1, 0.15) is 11.7 Å². The lowest BCUT2D eigenvalue weighted by molar-refractivity contribution is -0.135. The maximum atomic E-state index is 11.6. The molecule has 2 aromatic rings. The number of nitrogens with one attached hydrogen (secondary N) is 1. The Balaban J connectivity index is 1.78. The lowest BCUT2D eigenvalue weighted by Crippen LogP contribution is -2.13. The lowest BCUT2D eigenvalue weighted by Gasteiger charge is -2.10. The van der Waals surface area contributed by atoms with Gasteiger partial charge in [-0.05, 0) is 16.7 Å². The van der Waals surface area contributed by atoms with Gasteiger partial charge in [-0.15, -0.1) is 0 Å². The van der Waals surface area contributed by atoms with Crippen molar-refractivity contribution in [1.29, 1.82) is 5.26 Å². The molecular formula is C19H16N2O3. The number of rotatable bonds is 3. The standard InChI is InChI=1S/C19H16N2O3/c1-23-19(22)16(11-20)18-21-12-17(24-18)15-9-7-14(8-10-15)13-5-3-2-4-6-13/h2-10,17,21H,12H2,1H3/b18-16-. The van der Waals surface area contributed by atoms with E-state index in [1.165, 1.54) is 7.11 Å². The quantitative estimate of drug-likeness (QED) is 0.535. The van der Waals surface area contributed by atoms with Crippen molar-refractivity contribution in [1.82, 2.24) is 5.32 Å². The van der Waals surface area contributed by atoms with Gasteiger partial charge < -0.3 is 14.8 Å². The first kappa shape index (κ1) is 15.6. The SMILES string of the molecule is COC(=O)/C(C#N)=C1/NCC(c2ccc(-c3ccccc3)cc2)O1. The van der Waals surface area contributed by atoms with Crippen LogP contribution in [-0.4, -0.2) is 19.6 Å². The number of nitrogens with zero attached hydrogens (tertiary/aromatic N) is 1. The van der Waals surface area contributed by atoms with E-state index < -0.39 is 5.97 Å². The van der Waals surface area contributed by atoms with Gasteiger partial charge in [0, 0.05) is 0 Å². The molecule has 0 aliphatic carbocycles. The molecule has 1 N–H and O–H groups in total. The molecule has 0 spiro atoms. The number of carbonyl (C=O) groups excluding carboxylic acids is 1. The second kappa shape index (κ2) is 6.88. The van der Waals surface area contributed by atoms with Crippen LogP contribution in [0.15, 0.2) is 66.1 Å². The second-order valence-corrected chi connectivity index (χ2v) is 5.28. The molecule has 3 rings (SSSR count). The minimum absolute atomic E-state index is 0.152. The van der Waals surface area contributed by atoms with Gasteiger partial charge in [0.1, 0.15) is 12.2 Å². The van der Waals surface area contributed by atoms with Crippen LogP contribution in [0.25, 0.3) is 11.1 Å². The normalized spacial score (nSPS) is 18.1. The van der Waals surface area contributed by atoms with E-state index in [-0.39, 0.29) is 17.6 Å². The first-order chi connectivity index (χ1) is 11.7. The van der Waals surface area contributed by atoms with Crippen molar-refractivity contribution >= 4 is 5.97 Å².